The summed E-state index contributed by atoms with van der Waals surface area (Å²) in [6, 6.07) is 13.0. The SMILES string of the molecule is O=C(NCCc1ccc(CO)cc1)c1ccc([N+](=O)[O-])cc1. The Kier molecular flexibility index (Phi) is 5.21. The van der Waals surface area contributed by atoms with Crippen LogP contribution in [-0.4, -0.2) is 22.5 Å². The summed E-state index contributed by atoms with van der Waals surface area (Å²) < 4.78 is 0. The summed E-state index contributed by atoms with van der Waals surface area (Å²) in [5, 5.41) is 22.3. The van der Waals surface area contributed by atoms with Crippen LogP contribution in [-0.2, 0) is 13.0 Å². The van der Waals surface area contributed by atoms with E-state index in [4.69, 9.17) is 5.11 Å². The molecule has 0 aliphatic carbocycles. The van der Waals surface area contributed by atoms with Crippen LogP contribution in [0.1, 0.15) is 21.5 Å². The standard InChI is InChI=1S/C16H16N2O4/c19-11-13-3-1-12(2-4-13)9-10-17-16(20)14-5-7-15(8-6-14)18(21)22/h1-8,19H,9-11H2,(H,17,20). The second-order valence-electron chi connectivity index (χ2n) is 4.78. The third-order valence-corrected chi connectivity index (χ3v) is 3.25. The van der Waals surface area contributed by atoms with Gasteiger partial charge in [-0.15, -0.1) is 0 Å². The summed E-state index contributed by atoms with van der Waals surface area (Å²) in [6.07, 6.45) is 0.671. The number of aliphatic hydroxyl groups excluding tert-OH is 1. The molecule has 0 spiro atoms. The van der Waals surface area contributed by atoms with Gasteiger partial charge in [-0.2, -0.15) is 0 Å². The van der Waals surface area contributed by atoms with Gasteiger partial charge in [0.25, 0.3) is 11.6 Å². The van der Waals surface area contributed by atoms with E-state index in [1.807, 2.05) is 24.3 Å². The molecule has 22 heavy (non-hydrogen) atoms. The molecule has 0 aliphatic heterocycles. The number of nitrogens with zero attached hydrogens (tertiary/aromatic N) is 1. The van der Waals surface area contributed by atoms with Crippen molar-refractivity contribution < 1.29 is 14.8 Å². The minimum atomic E-state index is -0.502. The lowest BCUT2D eigenvalue weighted by molar-refractivity contribution is -0.384. The minimum absolute atomic E-state index is 0.0111. The molecular weight excluding hydrogens is 284 g/mol. The number of nitrogens with one attached hydrogen (secondary N) is 1. The smallest absolute Gasteiger partial charge is 0.269 e. The van der Waals surface area contributed by atoms with Crippen LogP contribution < -0.4 is 5.32 Å². The van der Waals surface area contributed by atoms with Crippen LogP contribution in [0.25, 0.3) is 0 Å². The number of non-ortho nitro benzene ring substituents is 1. The molecule has 0 fully saturated rings. The highest BCUT2D eigenvalue weighted by Gasteiger charge is 2.08. The summed E-state index contributed by atoms with van der Waals surface area (Å²) in [7, 11) is 0. The predicted molar refractivity (Wildman–Crippen MR) is 81.5 cm³/mol. The molecule has 2 N–H and O–H groups in total. The van der Waals surface area contributed by atoms with Crippen molar-refractivity contribution in [1.29, 1.82) is 0 Å². The number of amides is 1. The molecule has 2 aromatic carbocycles. The van der Waals surface area contributed by atoms with Crippen molar-refractivity contribution in [1.82, 2.24) is 5.32 Å². The molecule has 2 rings (SSSR count). The molecule has 0 aromatic heterocycles. The minimum Gasteiger partial charge on any atom is -0.392 e. The van der Waals surface area contributed by atoms with Gasteiger partial charge in [0.15, 0.2) is 0 Å². The lowest BCUT2D eigenvalue weighted by atomic mass is 10.1. The first-order valence-electron chi connectivity index (χ1n) is 6.81. The van der Waals surface area contributed by atoms with E-state index in [0.29, 0.717) is 18.5 Å². The van der Waals surface area contributed by atoms with E-state index in [-0.39, 0.29) is 18.2 Å². The fourth-order valence-electron chi connectivity index (χ4n) is 1.97. The van der Waals surface area contributed by atoms with Gasteiger partial charge in [-0.1, -0.05) is 24.3 Å². The molecule has 0 atom stereocenters. The number of carbonyl (C=O) groups excluding carboxylic acids is 1. The van der Waals surface area contributed by atoms with E-state index in [2.05, 4.69) is 5.32 Å². The van der Waals surface area contributed by atoms with Crippen LogP contribution in [0.4, 0.5) is 5.69 Å². The third kappa shape index (κ3) is 4.13. The van der Waals surface area contributed by atoms with Gasteiger partial charge >= 0.3 is 0 Å². The number of hydrogen-bond acceptors (Lipinski definition) is 4. The van der Waals surface area contributed by atoms with Crippen molar-refractivity contribution >= 4 is 11.6 Å². The zero-order valence-corrected chi connectivity index (χ0v) is 11.9. The summed E-state index contributed by atoms with van der Waals surface area (Å²) >= 11 is 0. The summed E-state index contributed by atoms with van der Waals surface area (Å²) in [5.41, 5.74) is 2.25. The molecule has 0 bridgehead atoms. The number of nitro benzene ring substituents is 1. The molecule has 0 unspecified atom stereocenters. The Balaban J connectivity index is 1.85. The van der Waals surface area contributed by atoms with Crippen LogP contribution >= 0.6 is 0 Å². The van der Waals surface area contributed by atoms with Crippen molar-refractivity contribution in [2.75, 3.05) is 6.54 Å². The number of aliphatic hydroxyl groups is 1. The Morgan fingerprint density at radius 1 is 1.05 bits per heavy atom. The largest absolute Gasteiger partial charge is 0.392 e. The Morgan fingerprint density at radius 2 is 1.64 bits per heavy atom. The molecule has 2 aromatic rings. The van der Waals surface area contributed by atoms with Gasteiger partial charge in [0.2, 0.25) is 0 Å². The maximum absolute atomic E-state index is 11.9. The van der Waals surface area contributed by atoms with E-state index < -0.39 is 4.92 Å². The van der Waals surface area contributed by atoms with Crippen LogP contribution in [0.3, 0.4) is 0 Å². The number of hydrogen-bond donors (Lipinski definition) is 2. The Morgan fingerprint density at radius 3 is 2.18 bits per heavy atom. The Bertz CT molecular complexity index is 651. The Labute approximate surface area is 127 Å². The fraction of sp³-hybridized carbons (Fsp3) is 0.188. The molecule has 114 valence electrons. The second kappa shape index (κ2) is 7.33. The van der Waals surface area contributed by atoms with Crippen LogP contribution in [0.15, 0.2) is 48.5 Å². The first kappa shape index (κ1) is 15.7. The van der Waals surface area contributed by atoms with Crippen molar-refractivity contribution in [2.45, 2.75) is 13.0 Å². The maximum Gasteiger partial charge on any atom is 0.269 e. The van der Waals surface area contributed by atoms with Gasteiger partial charge in [-0.05, 0) is 29.7 Å². The first-order chi connectivity index (χ1) is 10.6. The van der Waals surface area contributed by atoms with Crippen LogP contribution in [0, 0.1) is 10.1 Å². The van der Waals surface area contributed by atoms with Gasteiger partial charge in [0.1, 0.15) is 0 Å². The lowest BCUT2D eigenvalue weighted by Gasteiger charge is -2.06. The first-order valence-corrected chi connectivity index (χ1v) is 6.81. The van der Waals surface area contributed by atoms with Crippen molar-refractivity contribution in [3.05, 3.63) is 75.3 Å². The predicted octanol–water partition coefficient (Wildman–Crippen LogP) is 2.06. The average molecular weight is 300 g/mol. The molecule has 6 nitrogen and oxygen atoms in total. The number of carbonyl (C=O) groups is 1. The molecule has 6 heteroatoms. The quantitative estimate of drug-likeness (QED) is 0.631. The zero-order valence-electron chi connectivity index (χ0n) is 11.9. The molecule has 0 saturated carbocycles. The Hall–Kier alpha value is -2.73. The average Bonchev–Trinajstić information content (AvgIpc) is 2.55. The van der Waals surface area contributed by atoms with E-state index >= 15 is 0 Å². The monoisotopic (exact) mass is 300 g/mol. The highest BCUT2D eigenvalue weighted by molar-refractivity contribution is 5.94. The van der Waals surface area contributed by atoms with E-state index in [9.17, 15) is 14.9 Å². The molecule has 1 amide bonds. The van der Waals surface area contributed by atoms with Crippen LogP contribution in [0.5, 0.6) is 0 Å². The molecule has 0 radical (unpaired) electrons. The van der Waals surface area contributed by atoms with Gasteiger partial charge in [0, 0.05) is 24.2 Å². The van der Waals surface area contributed by atoms with Gasteiger partial charge in [0.05, 0.1) is 11.5 Å². The summed E-state index contributed by atoms with van der Waals surface area (Å²) in [5.74, 6) is -0.262. The van der Waals surface area contributed by atoms with E-state index in [0.717, 1.165) is 11.1 Å². The summed E-state index contributed by atoms with van der Waals surface area (Å²) in [6.45, 7) is 0.478. The highest BCUT2D eigenvalue weighted by atomic mass is 16.6. The number of rotatable bonds is 6. The summed E-state index contributed by atoms with van der Waals surface area (Å²) in [4.78, 5) is 21.9. The van der Waals surface area contributed by atoms with Crippen LogP contribution in [0.2, 0.25) is 0 Å². The van der Waals surface area contributed by atoms with E-state index in [1.54, 1.807) is 0 Å². The zero-order chi connectivity index (χ0) is 15.9. The van der Waals surface area contributed by atoms with Crippen molar-refractivity contribution in [3.8, 4) is 0 Å². The molecule has 0 saturated heterocycles. The fourth-order valence-corrected chi connectivity index (χ4v) is 1.97. The van der Waals surface area contributed by atoms with Gasteiger partial charge < -0.3 is 10.4 Å². The topological polar surface area (TPSA) is 92.5 Å². The second-order valence-corrected chi connectivity index (χ2v) is 4.78. The highest BCUT2D eigenvalue weighted by Crippen LogP contribution is 2.11. The van der Waals surface area contributed by atoms with Gasteiger partial charge in [-0.3, -0.25) is 14.9 Å². The molecule has 0 aliphatic rings. The number of nitro groups is 1. The molecule has 0 heterocycles. The van der Waals surface area contributed by atoms with Crippen molar-refractivity contribution in [3.63, 3.8) is 0 Å². The third-order valence-electron chi connectivity index (χ3n) is 3.25. The molecular formula is C16H16N2O4. The number of benzene rings is 2. The normalized spacial score (nSPS) is 10.2. The van der Waals surface area contributed by atoms with Gasteiger partial charge in [-0.25, -0.2) is 0 Å². The van der Waals surface area contributed by atoms with Crippen molar-refractivity contribution in [2.24, 2.45) is 0 Å². The lowest BCUT2D eigenvalue weighted by Crippen LogP contribution is -2.25. The maximum atomic E-state index is 11.9. The van der Waals surface area contributed by atoms with E-state index in [1.165, 1.54) is 24.3 Å².